The summed E-state index contributed by atoms with van der Waals surface area (Å²) in [5.74, 6) is -0.0378. The molecule has 182 valence electrons. The smallest absolute Gasteiger partial charge is 0.332 e. The fourth-order valence-corrected chi connectivity index (χ4v) is 5.56. The van der Waals surface area contributed by atoms with Crippen molar-refractivity contribution in [3.8, 4) is 5.19 Å². The van der Waals surface area contributed by atoms with Crippen molar-refractivity contribution >= 4 is 28.4 Å². The number of imidazole rings is 1. The lowest BCUT2D eigenvalue weighted by Crippen LogP contribution is -2.50. The summed E-state index contributed by atoms with van der Waals surface area (Å²) in [4.78, 5) is 50.5. The molecule has 0 unspecified atom stereocenters. The van der Waals surface area contributed by atoms with E-state index in [1.807, 2.05) is 10.3 Å². The third-order valence-corrected chi connectivity index (χ3v) is 7.67. The monoisotopic (exact) mass is 487 g/mol. The Bertz CT molecular complexity index is 1280. The van der Waals surface area contributed by atoms with Crippen molar-refractivity contribution in [2.75, 3.05) is 26.2 Å². The summed E-state index contributed by atoms with van der Waals surface area (Å²) in [6.07, 6.45) is 7.31. The molecule has 3 aromatic heterocycles. The number of hydrogen-bond acceptors (Lipinski definition) is 8. The van der Waals surface area contributed by atoms with Crippen LogP contribution in [0.3, 0.4) is 0 Å². The Kier molecular flexibility index (Phi) is 6.26. The van der Waals surface area contributed by atoms with Crippen LogP contribution >= 0.6 is 11.3 Å². The molecule has 1 amide bonds. The maximum Gasteiger partial charge on any atom is 0.332 e. The zero-order valence-corrected chi connectivity index (χ0v) is 20.2. The summed E-state index contributed by atoms with van der Waals surface area (Å²) in [6, 6.07) is 0.473. The molecule has 11 nitrogen and oxygen atoms in total. The molecule has 34 heavy (non-hydrogen) atoms. The molecule has 0 N–H and O–H groups in total. The third-order valence-electron chi connectivity index (χ3n) is 7.01. The second kappa shape index (κ2) is 9.34. The van der Waals surface area contributed by atoms with Crippen molar-refractivity contribution in [1.29, 1.82) is 0 Å². The number of ether oxygens (including phenoxy) is 1. The topological polar surface area (TPSA) is 107 Å². The number of likely N-dealkylation sites (tertiary alicyclic amines) is 2. The summed E-state index contributed by atoms with van der Waals surface area (Å²) in [5, 5.41) is 2.67. The van der Waals surface area contributed by atoms with E-state index < -0.39 is 11.2 Å². The van der Waals surface area contributed by atoms with Gasteiger partial charge in [-0.25, -0.2) is 14.8 Å². The second-order valence-corrected chi connectivity index (χ2v) is 9.87. The maximum atomic E-state index is 13.0. The number of nitrogens with zero attached hydrogens (tertiary/aromatic N) is 7. The van der Waals surface area contributed by atoms with Crippen LogP contribution in [0.25, 0.3) is 11.2 Å². The highest BCUT2D eigenvalue weighted by Crippen LogP contribution is 2.25. The minimum Gasteiger partial charge on any atom is -0.467 e. The van der Waals surface area contributed by atoms with Gasteiger partial charge in [-0.05, 0) is 25.7 Å². The average Bonchev–Trinajstić information content (AvgIpc) is 3.52. The number of piperidine rings is 2. The molecular formula is C22H29N7O4S. The fourth-order valence-electron chi connectivity index (χ4n) is 5.01. The standard InChI is InChI=1S/C22H29N7O4S/c1-25-19-18(20(31)26(2)22(25)32)29(14-24-19)13-17(30)28-8-3-15(4-9-28)27-10-5-16(6-11-27)33-21-23-7-12-34-21/h7,12,14-16H,3-6,8-11,13H2,1-2H3. The molecule has 12 heteroatoms. The van der Waals surface area contributed by atoms with E-state index in [0.717, 1.165) is 48.5 Å². The molecule has 3 aromatic rings. The summed E-state index contributed by atoms with van der Waals surface area (Å²) in [7, 11) is 3.00. The molecule has 0 saturated carbocycles. The second-order valence-electron chi connectivity index (χ2n) is 9.01. The summed E-state index contributed by atoms with van der Waals surface area (Å²) in [5.41, 5.74) is -0.309. The van der Waals surface area contributed by atoms with Crippen LogP contribution in [0.15, 0.2) is 27.5 Å². The van der Waals surface area contributed by atoms with Gasteiger partial charge in [-0.1, -0.05) is 11.3 Å². The Morgan fingerprint density at radius 1 is 1.06 bits per heavy atom. The zero-order valence-electron chi connectivity index (χ0n) is 19.4. The minimum atomic E-state index is -0.440. The Morgan fingerprint density at radius 3 is 2.47 bits per heavy atom. The highest BCUT2D eigenvalue weighted by atomic mass is 32.1. The first-order chi connectivity index (χ1) is 16.4. The molecule has 2 aliphatic heterocycles. The van der Waals surface area contributed by atoms with Gasteiger partial charge >= 0.3 is 5.69 Å². The van der Waals surface area contributed by atoms with E-state index in [4.69, 9.17) is 4.74 Å². The predicted molar refractivity (Wildman–Crippen MR) is 127 cm³/mol. The van der Waals surface area contributed by atoms with Gasteiger partial charge < -0.3 is 14.2 Å². The first-order valence-electron chi connectivity index (χ1n) is 11.6. The lowest BCUT2D eigenvalue weighted by atomic mass is 9.99. The van der Waals surface area contributed by atoms with Crippen molar-refractivity contribution in [1.82, 2.24) is 33.5 Å². The van der Waals surface area contributed by atoms with Gasteiger partial charge in [-0.15, -0.1) is 0 Å². The number of aryl methyl sites for hydroxylation is 1. The number of thiazole rings is 1. The molecule has 2 aliphatic rings. The zero-order chi connectivity index (χ0) is 23.8. The van der Waals surface area contributed by atoms with Crippen molar-refractivity contribution in [2.24, 2.45) is 14.1 Å². The van der Waals surface area contributed by atoms with E-state index in [2.05, 4.69) is 14.9 Å². The van der Waals surface area contributed by atoms with Crippen LogP contribution in [0.2, 0.25) is 0 Å². The van der Waals surface area contributed by atoms with Gasteiger partial charge in [0, 0.05) is 57.9 Å². The van der Waals surface area contributed by atoms with Gasteiger partial charge in [-0.3, -0.25) is 23.6 Å². The van der Waals surface area contributed by atoms with Crippen LogP contribution in [0.5, 0.6) is 5.19 Å². The fraction of sp³-hybridized carbons (Fsp3) is 0.591. The maximum absolute atomic E-state index is 13.0. The molecule has 5 heterocycles. The Morgan fingerprint density at radius 2 is 1.79 bits per heavy atom. The number of amides is 1. The van der Waals surface area contributed by atoms with Crippen molar-refractivity contribution in [3.63, 3.8) is 0 Å². The number of carbonyl (C=O) groups excluding carboxylic acids is 1. The molecule has 5 rings (SSSR count). The van der Waals surface area contributed by atoms with Gasteiger partial charge in [0.2, 0.25) is 5.91 Å². The third kappa shape index (κ3) is 4.27. The summed E-state index contributed by atoms with van der Waals surface area (Å²) < 4.78 is 9.89. The van der Waals surface area contributed by atoms with Crippen molar-refractivity contribution in [2.45, 2.75) is 44.4 Å². The molecule has 0 bridgehead atoms. The van der Waals surface area contributed by atoms with Crippen LogP contribution < -0.4 is 16.0 Å². The van der Waals surface area contributed by atoms with E-state index in [1.165, 1.54) is 29.3 Å². The molecule has 0 aromatic carbocycles. The molecule has 0 atom stereocenters. The van der Waals surface area contributed by atoms with Crippen LogP contribution in [-0.2, 0) is 25.4 Å². The van der Waals surface area contributed by atoms with Gasteiger partial charge in [0.05, 0.1) is 6.33 Å². The number of carbonyl (C=O) groups is 1. The quantitative estimate of drug-likeness (QED) is 0.513. The Balaban J connectivity index is 1.16. The van der Waals surface area contributed by atoms with Gasteiger partial charge in [-0.2, -0.15) is 0 Å². The summed E-state index contributed by atoms with van der Waals surface area (Å²) >= 11 is 1.53. The van der Waals surface area contributed by atoms with Gasteiger partial charge in [0.25, 0.3) is 10.8 Å². The first kappa shape index (κ1) is 22.8. The molecule has 0 spiro atoms. The largest absolute Gasteiger partial charge is 0.467 e. The molecule has 0 radical (unpaired) electrons. The van der Waals surface area contributed by atoms with Crippen LogP contribution in [0, 0.1) is 0 Å². The molecule has 2 fully saturated rings. The Labute approximate surface area is 200 Å². The number of rotatable bonds is 5. The predicted octanol–water partition coefficient (Wildman–Crippen LogP) is 0.425. The Hall–Kier alpha value is -2.99. The lowest BCUT2D eigenvalue weighted by molar-refractivity contribution is -0.133. The van der Waals surface area contributed by atoms with Crippen molar-refractivity contribution in [3.05, 3.63) is 38.7 Å². The first-order valence-corrected chi connectivity index (χ1v) is 12.5. The van der Waals surface area contributed by atoms with Crippen LogP contribution in [0.1, 0.15) is 25.7 Å². The van der Waals surface area contributed by atoms with Crippen LogP contribution in [0.4, 0.5) is 0 Å². The van der Waals surface area contributed by atoms with Crippen molar-refractivity contribution < 1.29 is 9.53 Å². The van der Waals surface area contributed by atoms with E-state index in [9.17, 15) is 14.4 Å². The van der Waals surface area contributed by atoms with E-state index in [1.54, 1.807) is 17.8 Å². The van der Waals surface area contributed by atoms with Gasteiger partial charge in [0.15, 0.2) is 11.2 Å². The molecule has 2 saturated heterocycles. The highest BCUT2D eigenvalue weighted by Gasteiger charge is 2.30. The molecular weight excluding hydrogens is 458 g/mol. The van der Waals surface area contributed by atoms with E-state index in [0.29, 0.717) is 24.8 Å². The van der Waals surface area contributed by atoms with E-state index in [-0.39, 0.29) is 24.1 Å². The normalized spacial score (nSPS) is 18.6. The number of aromatic nitrogens is 5. The molecule has 0 aliphatic carbocycles. The highest BCUT2D eigenvalue weighted by molar-refractivity contribution is 7.11. The van der Waals surface area contributed by atoms with Crippen LogP contribution in [-0.4, -0.2) is 77.7 Å². The number of hydrogen-bond donors (Lipinski definition) is 0. The summed E-state index contributed by atoms with van der Waals surface area (Å²) in [6.45, 7) is 3.42. The minimum absolute atomic E-state index is 0.0358. The average molecular weight is 488 g/mol. The lowest BCUT2D eigenvalue weighted by Gasteiger charge is -2.41. The SMILES string of the molecule is Cn1c(=O)c2c(ncn2CC(=O)N2CCC(N3CCC(Oc4nccs4)CC3)CC2)n(C)c1=O. The van der Waals surface area contributed by atoms with Gasteiger partial charge in [0.1, 0.15) is 12.6 Å². The van der Waals surface area contributed by atoms with E-state index >= 15 is 0 Å². The number of fused-ring (bicyclic) bond motifs is 1.